The minimum absolute atomic E-state index is 0.155. The van der Waals surface area contributed by atoms with Crippen LogP contribution in [0.4, 0.5) is 0 Å². The van der Waals surface area contributed by atoms with Crippen molar-refractivity contribution in [2.24, 2.45) is 0 Å². The highest BCUT2D eigenvalue weighted by atomic mass is 35.5. The second kappa shape index (κ2) is 7.19. The lowest BCUT2D eigenvalue weighted by molar-refractivity contribution is -0.137. The zero-order valence-electron chi connectivity index (χ0n) is 11.6. The number of aromatic nitrogens is 2. The van der Waals surface area contributed by atoms with Crippen LogP contribution in [0.3, 0.4) is 0 Å². The summed E-state index contributed by atoms with van der Waals surface area (Å²) in [7, 11) is 1.88. The maximum atomic E-state index is 10.5. The van der Waals surface area contributed by atoms with E-state index in [0.717, 1.165) is 5.56 Å². The van der Waals surface area contributed by atoms with Crippen molar-refractivity contribution in [2.45, 2.75) is 19.4 Å². The molecule has 0 bridgehead atoms. The largest absolute Gasteiger partial charge is 0.481 e. The maximum Gasteiger partial charge on any atom is 0.303 e. The van der Waals surface area contributed by atoms with E-state index in [1.165, 1.54) is 0 Å². The van der Waals surface area contributed by atoms with E-state index in [1.54, 1.807) is 12.1 Å². The van der Waals surface area contributed by atoms with Crippen LogP contribution in [-0.2, 0) is 11.3 Å². The van der Waals surface area contributed by atoms with Crippen molar-refractivity contribution < 1.29 is 14.4 Å². The molecule has 7 heteroatoms. The topological polar surface area (TPSA) is 79.5 Å². The third-order valence-corrected chi connectivity index (χ3v) is 3.12. The highest BCUT2D eigenvalue weighted by molar-refractivity contribution is 6.30. The number of carbonyl (C=O) groups is 1. The lowest BCUT2D eigenvalue weighted by atomic mass is 10.2. The molecule has 0 saturated heterocycles. The third kappa shape index (κ3) is 4.84. The van der Waals surface area contributed by atoms with E-state index >= 15 is 0 Å². The van der Waals surface area contributed by atoms with E-state index in [4.69, 9.17) is 21.2 Å². The normalized spacial score (nSPS) is 11.0. The van der Waals surface area contributed by atoms with Crippen molar-refractivity contribution in [3.05, 3.63) is 35.2 Å². The molecule has 0 spiro atoms. The zero-order chi connectivity index (χ0) is 15.2. The highest BCUT2D eigenvalue weighted by Gasteiger charge is 2.11. The van der Waals surface area contributed by atoms with Crippen LogP contribution in [0.15, 0.2) is 28.8 Å². The van der Waals surface area contributed by atoms with E-state index in [0.29, 0.717) is 36.2 Å². The molecule has 0 atom stereocenters. The monoisotopic (exact) mass is 309 g/mol. The fourth-order valence-electron chi connectivity index (χ4n) is 1.87. The average Bonchev–Trinajstić information content (AvgIpc) is 2.86. The Bertz CT molecular complexity index is 615. The van der Waals surface area contributed by atoms with Crippen molar-refractivity contribution >= 4 is 17.6 Å². The van der Waals surface area contributed by atoms with Crippen LogP contribution in [0.1, 0.15) is 18.7 Å². The van der Waals surface area contributed by atoms with Crippen LogP contribution in [-0.4, -0.2) is 39.7 Å². The SMILES string of the molecule is CN(CCCC(=O)O)Cc1nc(-c2cccc(Cl)c2)no1. The predicted molar refractivity (Wildman–Crippen MR) is 77.9 cm³/mol. The number of rotatable bonds is 7. The molecular weight excluding hydrogens is 294 g/mol. The van der Waals surface area contributed by atoms with Gasteiger partial charge in [-0.3, -0.25) is 9.69 Å². The summed E-state index contributed by atoms with van der Waals surface area (Å²) < 4.78 is 5.19. The van der Waals surface area contributed by atoms with E-state index in [2.05, 4.69) is 10.1 Å². The molecular formula is C14H16ClN3O3. The molecule has 6 nitrogen and oxygen atoms in total. The minimum Gasteiger partial charge on any atom is -0.481 e. The van der Waals surface area contributed by atoms with Gasteiger partial charge < -0.3 is 9.63 Å². The van der Waals surface area contributed by atoms with Gasteiger partial charge in [0.1, 0.15) is 0 Å². The summed E-state index contributed by atoms with van der Waals surface area (Å²) in [4.78, 5) is 16.7. The Balaban J connectivity index is 1.92. The summed E-state index contributed by atoms with van der Waals surface area (Å²) in [5, 5.41) is 13.1. The Morgan fingerprint density at radius 1 is 1.48 bits per heavy atom. The van der Waals surface area contributed by atoms with Crippen LogP contribution in [0, 0.1) is 0 Å². The number of carboxylic acids is 1. The Morgan fingerprint density at radius 2 is 2.29 bits per heavy atom. The summed E-state index contributed by atoms with van der Waals surface area (Å²) in [5.41, 5.74) is 0.797. The van der Waals surface area contributed by atoms with Crippen molar-refractivity contribution in [3.8, 4) is 11.4 Å². The lowest BCUT2D eigenvalue weighted by Crippen LogP contribution is -2.20. The summed E-state index contributed by atoms with van der Waals surface area (Å²) >= 11 is 5.93. The van der Waals surface area contributed by atoms with Gasteiger partial charge in [0.15, 0.2) is 0 Å². The summed E-state index contributed by atoms with van der Waals surface area (Å²) in [6.07, 6.45) is 0.739. The molecule has 0 aliphatic rings. The number of nitrogens with zero attached hydrogens (tertiary/aromatic N) is 3. The van der Waals surface area contributed by atoms with Gasteiger partial charge in [-0.05, 0) is 32.1 Å². The van der Waals surface area contributed by atoms with E-state index in [9.17, 15) is 4.79 Å². The molecule has 0 aliphatic heterocycles. The first-order valence-electron chi connectivity index (χ1n) is 6.53. The van der Waals surface area contributed by atoms with Crippen LogP contribution >= 0.6 is 11.6 Å². The van der Waals surface area contributed by atoms with E-state index < -0.39 is 5.97 Å². The molecule has 1 aromatic heterocycles. The van der Waals surface area contributed by atoms with Gasteiger partial charge in [0.25, 0.3) is 0 Å². The summed E-state index contributed by atoms with van der Waals surface area (Å²) in [6, 6.07) is 7.23. The van der Waals surface area contributed by atoms with Gasteiger partial charge in [0.2, 0.25) is 11.7 Å². The second-order valence-electron chi connectivity index (χ2n) is 4.76. The molecule has 0 saturated carbocycles. The number of hydrogen-bond donors (Lipinski definition) is 1. The van der Waals surface area contributed by atoms with E-state index in [-0.39, 0.29) is 6.42 Å². The third-order valence-electron chi connectivity index (χ3n) is 2.89. The van der Waals surface area contributed by atoms with Gasteiger partial charge >= 0.3 is 5.97 Å². The Morgan fingerprint density at radius 3 is 3.00 bits per heavy atom. The summed E-state index contributed by atoms with van der Waals surface area (Å²) in [6.45, 7) is 1.13. The van der Waals surface area contributed by atoms with Gasteiger partial charge in [-0.15, -0.1) is 0 Å². The molecule has 1 N–H and O–H groups in total. The summed E-state index contributed by atoms with van der Waals surface area (Å²) in [5.74, 6) is 0.193. The number of carboxylic acid groups (broad SMARTS) is 1. The fraction of sp³-hybridized carbons (Fsp3) is 0.357. The van der Waals surface area contributed by atoms with Crippen LogP contribution < -0.4 is 0 Å². The van der Waals surface area contributed by atoms with Gasteiger partial charge in [-0.1, -0.05) is 28.9 Å². The first-order chi connectivity index (χ1) is 10.0. The van der Waals surface area contributed by atoms with Gasteiger partial charge in [0, 0.05) is 17.0 Å². The number of benzene rings is 1. The molecule has 0 radical (unpaired) electrons. The standard InChI is InChI=1S/C14H16ClN3O3/c1-18(7-3-6-13(19)20)9-12-16-14(17-21-12)10-4-2-5-11(15)8-10/h2,4-5,8H,3,6-7,9H2,1H3,(H,19,20). The fourth-order valence-corrected chi connectivity index (χ4v) is 2.06. The van der Waals surface area contributed by atoms with Gasteiger partial charge in [0.05, 0.1) is 6.54 Å². The van der Waals surface area contributed by atoms with Crippen LogP contribution in [0.5, 0.6) is 0 Å². The van der Waals surface area contributed by atoms with Crippen LogP contribution in [0.25, 0.3) is 11.4 Å². The lowest BCUT2D eigenvalue weighted by Gasteiger charge is -2.12. The van der Waals surface area contributed by atoms with Gasteiger partial charge in [-0.25, -0.2) is 0 Å². The molecule has 0 amide bonds. The Labute approximate surface area is 127 Å². The molecule has 0 unspecified atom stereocenters. The van der Waals surface area contributed by atoms with Crippen molar-refractivity contribution in [2.75, 3.05) is 13.6 Å². The molecule has 21 heavy (non-hydrogen) atoms. The molecule has 2 aromatic rings. The van der Waals surface area contributed by atoms with Crippen LogP contribution in [0.2, 0.25) is 5.02 Å². The molecule has 1 heterocycles. The smallest absolute Gasteiger partial charge is 0.303 e. The van der Waals surface area contributed by atoms with E-state index in [1.807, 2.05) is 24.1 Å². The second-order valence-corrected chi connectivity index (χ2v) is 5.19. The predicted octanol–water partition coefficient (Wildman–Crippen LogP) is 2.69. The number of hydrogen-bond acceptors (Lipinski definition) is 5. The zero-order valence-corrected chi connectivity index (χ0v) is 12.4. The van der Waals surface area contributed by atoms with Crippen molar-refractivity contribution in [1.82, 2.24) is 15.0 Å². The number of aliphatic carboxylic acids is 1. The molecule has 112 valence electrons. The number of halogens is 1. The van der Waals surface area contributed by atoms with Crippen molar-refractivity contribution in [3.63, 3.8) is 0 Å². The molecule has 0 fully saturated rings. The maximum absolute atomic E-state index is 10.5. The highest BCUT2D eigenvalue weighted by Crippen LogP contribution is 2.20. The molecule has 0 aliphatic carbocycles. The first kappa shape index (κ1) is 15.5. The first-order valence-corrected chi connectivity index (χ1v) is 6.91. The Hall–Kier alpha value is -1.92. The van der Waals surface area contributed by atoms with Gasteiger partial charge in [-0.2, -0.15) is 4.98 Å². The average molecular weight is 310 g/mol. The van der Waals surface area contributed by atoms with Crippen molar-refractivity contribution in [1.29, 1.82) is 0 Å². The minimum atomic E-state index is -0.788. The Kier molecular flexibility index (Phi) is 5.30. The molecule has 2 rings (SSSR count). The molecule has 1 aromatic carbocycles. The quantitative estimate of drug-likeness (QED) is 0.847.